The van der Waals surface area contributed by atoms with Gasteiger partial charge in [0.1, 0.15) is 0 Å². The van der Waals surface area contributed by atoms with Gasteiger partial charge in [0.15, 0.2) is 5.69 Å². The SMILES string of the molecule is CN(C)C(=O)c1c[c]on1. The third kappa shape index (κ3) is 1.15. The summed E-state index contributed by atoms with van der Waals surface area (Å²) in [5.74, 6) is -0.176. The molecule has 0 unspecified atom stereocenters. The van der Waals surface area contributed by atoms with Gasteiger partial charge >= 0.3 is 0 Å². The van der Waals surface area contributed by atoms with Crippen LogP contribution in [-0.2, 0) is 0 Å². The van der Waals surface area contributed by atoms with E-state index in [1.54, 1.807) is 14.1 Å². The smallest absolute Gasteiger partial charge is 0.275 e. The van der Waals surface area contributed by atoms with Crippen LogP contribution in [0.3, 0.4) is 0 Å². The monoisotopic (exact) mass is 139 g/mol. The number of hydrogen-bond acceptors (Lipinski definition) is 3. The number of rotatable bonds is 1. The van der Waals surface area contributed by atoms with E-state index in [2.05, 4.69) is 15.9 Å². The second-order valence-corrected chi connectivity index (χ2v) is 2.03. The zero-order valence-corrected chi connectivity index (χ0v) is 5.79. The zero-order valence-electron chi connectivity index (χ0n) is 5.79. The minimum absolute atomic E-state index is 0.176. The first-order valence-corrected chi connectivity index (χ1v) is 2.76. The summed E-state index contributed by atoms with van der Waals surface area (Å²) in [5.41, 5.74) is 0.282. The molecule has 1 heterocycles. The molecule has 1 aromatic rings. The molecule has 1 aromatic heterocycles. The molecule has 0 atom stereocenters. The maximum Gasteiger partial charge on any atom is 0.275 e. The highest BCUT2D eigenvalue weighted by molar-refractivity contribution is 5.91. The fourth-order valence-corrected chi connectivity index (χ4v) is 0.514. The van der Waals surface area contributed by atoms with Gasteiger partial charge in [-0.05, 0) is 0 Å². The highest BCUT2D eigenvalue weighted by Gasteiger charge is 2.09. The summed E-state index contributed by atoms with van der Waals surface area (Å²) in [4.78, 5) is 12.4. The average Bonchev–Trinajstić information content (AvgIpc) is 2.36. The van der Waals surface area contributed by atoms with Crippen LogP contribution in [0.15, 0.2) is 10.6 Å². The molecule has 0 N–H and O–H groups in total. The normalized spacial score (nSPS) is 9.40. The molecule has 53 valence electrons. The fourth-order valence-electron chi connectivity index (χ4n) is 0.514. The lowest BCUT2D eigenvalue weighted by molar-refractivity contribution is 0.0817. The summed E-state index contributed by atoms with van der Waals surface area (Å²) in [7, 11) is 3.30. The minimum Gasteiger partial charge on any atom is -0.352 e. The van der Waals surface area contributed by atoms with Crippen LogP contribution in [0.2, 0.25) is 0 Å². The second kappa shape index (κ2) is 2.51. The van der Waals surface area contributed by atoms with Crippen molar-refractivity contribution < 1.29 is 9.32 Å². The van der Waals surface area contributed by atoms with E-state index in [1.807, 2.05) is 0 Å². The quantitative estimate of drug-likeness (QED) is 0.557. The molecule has 0 aliphatic carbocycles. The molecule has 1 amide bonds. The summed E-state index contributed by atoms with van der Waals surface area (Å²) >= 11 is 0. The van der Waals surface area contributed by atoms with Crippen LogP contribution in [0.5, 0.6) is 0 Å². The summed E-state index contributed by atoms with van der Waals surface area (Å²) in [6.07, 6.45) is 2.33. The number of amides is 1. The Morgan fingerprint density at radius 1 is 1.80 bits per heavy atom. The standard InChI is InChI=1S/C6H7N2O2/c1-8(2)6(9)5-3-4-10-7-5/h3H,1-2H3. The molecule has 4 heteroatoms. The maximum atomic E-state index is 11.0. The second-order valence-electron chi connectivity index (χ2n) is 2.03. The lowest BCUT2D eigenvalue weighted by Crippen LogP contribution is -2.21. The topological polar surface area (TPSA) is 46.3 Å². The maximum absolute atomic E-state index is 11.0. The predicted molar refractivity (Wildman–Crippen MR) is 33.4 cm³/mol. The fraction of sp³-hybridized carbons (Fsp3) is 0.333. The van der Waals surface area contributed by atoms with Crippen LogP contribution in [0.1, 0.15) is 10.5 Å². The molecule has 0 aromatic carbocycles. The zero-order chi connectivity index (χ0) is 7.56. The van der Waals surface area contributed by atoms with E-state index in [1.165, 1.54) is 11.0 Å². The van der Waals surface area contributed by atoms with E-state index < -0.39 is 0 Å². The largest absolute Gasteiger partial charge is 0.352 e. The van der Waals surface area contributed by atoms with Gasteiger partial charge < -0.3 is 9.42 Å². The Labute approximate surface area is 58.4 Å². The van der Waals surface area contributed by atoms with Crippen LogP contribution in [-0.4, -0.2) is 30.1 Å². The van der Waals surface area contributed by atoms with Crippen molar-refractivity contribution in [3.63, 3.8) is 0 Å². The molecule has 0 spiro atoms. The number of carbonyl (C=O) groups excluding carboxylic acids is 1. The number of carbonyl (C=O) groups is 1. The van der Waals surface area contributed by atoms with Crippen molar-refractivity contribution in [3.8, 4) is 0 Å². The molecule has 4 nitrogen and oxygen atoms in total. The molecule has 0 saturated heterocycles. The van der Waals surface area contributed by atoms with Gasteiger partial charge in [-0.3, -0.25) is 4.79 Å². The molecular formula is C6H7N2O2. The van der Waals surface area contributed by atoms with Crippen molar-refractivity contribution >= 4 is 5.91 Å². The van der Waals surface area contributed by atoms with Gasteiger partial charge in [-0.2, -0.15) is 0 Å². The molecule has 0 aliphatic rings. The van der Waals surface area contributed by atoms with E-state index in [9.17, 15) is 4.79 Å². The summed E-state index contributed by atoms with van der Waals surface area (Å²) in [5, 5.41) is 3.42. The van der Waals surface area contributed by atoms with Gasteiger partial charge in [0.25, 0.3) is 5.91 Å². The first kappa shape index (κ1) is 6.80. The van der Waals surface area contributed by atoms with Gasteiger partial charge in [0.2, 0.25) is 6.26 Å². The minimum atomic E-state index is -0.176. The van der Waals surface area contributed by atoms with Crippen molar-refractivity contribution in [2.45, 2.75) is 0 Å². The number of nitrogens with zero attached hydrogens (tertiary/aromatic N) is 2. The van der Waals surface area contributed by atoms with Crippen molar-refractivity contribution in [1.29, 1.82) is 0 Å². The van der Waals surface area contributed by atoms with Crippen molar-refractivity contribution in [3.05, 3.63) is 18.0 Å². The molecule has 10 heavy (non-hydrogen) atoms. The Kier molecular flexibility index (Phi) is 1.71. The molecular weight excluding hydrogens is 132 g/mol. The molecule has 1 rings (SSSR count). The third-order valence-electron chi connectivity index (χ3n) is 1.02. The average molecular weight is 139 g/mol. The highest BCUT2D eigenvalue weighted by Crippen LogP contribution is 1.96. The van der Waals surface area contributed by atoms with Crippen LogP contribution >= 0.6 is 0 Å². The van der Waals surface area contributed by atoms with Crippen molar-refractivity contribution in [2.75, 3.05) is 14.1 Å². The summed E-state index contributed by atoms with van der Waals surface area (Å²) < 4.78 is 4.36. The summed E-state index contributed by atoms with van der Waals surface area (Å²) in [6, 6.07) is 1.41. The van der Waals surface area contributed by atoms with Crippen LogP contribution in [0.25, 0.3) is 0 Å². The van der Waals surface area contributed by atoms with Crippen LogP contribution in [0, 0.1) is 6.26 Å². The van der Waals surface area contributed by atoms with E-state index in [-0.39, 0.29) is 11.6 Å². The Bertz CT molecular complexity index is 216. The first-order chi connectivity index (χ1) is 4.72. The van der Waals surface area contributed by atoms with Crippen LogP contribution < -0.4 is 0 Å². The number of aromatic nitrogens is 1. The lowest BCUT2D eigenvalue weighted by Gasteiger charge is -2.05. The molecule has 0 bridgehead atoms. The molecule has 0 saturated carbocycles. The Hall–Kier alpha value is -1.32. The van der Waals surface area contributed by atoms with E-state index in [0.717, 1.165) is 0 Å². The highest BCUT2D eigenvalue weighted by atomic mass is 16.5. The Balaban J connectivity index is 2.78. The number of hydrogen-bond donors (Lipinski definition) is 0. The van der Waals surface area contributed by atoms with Crippen molar-refractivity contribution in [2.24, 2.45) is 0 Å². The predicted octanol–water partition coefficient (Wildman–Crippen LogP) is 0.177. The van der Waals surface area contributed by atoms with E-state index in [4.69, 9.17) is 0 Å². The van der Waals surface area contributed by atoms with Crippen LogP contribution in [0.4, 0.5) is 0 Å². The summed E-state index contributed by atoms with van der Waals surface area (Å²) in [6.45, 7) is 0. The van der Waals surface area contributed by atoms with Gasteiger partial charge in [0.05, 0.1) is 0 Å². The molecule has 0 fully saturated rings. The van der Waals surface area contributed by atoms with Gasteiger partial charge in [-0.1, -0.05) is 5.16 Å². The lowest BCUT2D eigenvalue weighted by atomic mass is 10.4. The van der Waals surface area contributed by atoms with E-state index in [0.29, 0.717) is 0 Å². The van der Waals surface area contributed by atoms with Crippen molar-refractivity contribution in [1.82, 2.24) is 10.1 Å². The van der Waals surface area contributed by atoms with E-state index >= 15 is 0 Å². The van der Waals surface area contributed by atoms with Gasteiger partial charge in [-0.25, -0.2) is 0 Å². The molecule has 1 radical (unpaired) electrons. The third-order valence-corrected chi connectivity index (χ3v) is 1.02. The Morgan fingerprint density at radius 2 is 2.50 bits per heavy atom. The Morgan fingerprint density at radius 3 is 2.90 bits per heavy atom. The van der Waals surface area contributed by atoms with Gasteiger partial charge in [-0.15, -0.1) is 0 Å². The van der Waals surface area contributed by atoms with Gasteiger partial charge in [0, 0.05) is 20.2 Å². The first-order valence-electron chi connectivity index (χ1n) is 2.76. The molecule has 0 aliphatic heterocycles.